The predicted octanol–water partition coefficient (Wildman–Crippen LogP) is 6.23. The van der Waals surface area contributed by atoms with Crippen LogP contribution in [0.5, 0.6) is 0 Å². The van der Waals surface area contributed by atoms with E-state index in [1.165, 1.54) is 17.2 Å². The third-order valence-corrected chi connectivity index (χ3v) is 3.98. The van der Waals surface area contributed by atoms with Crippen LogP contribution in [0.25, 0.3) is 0 Å². The van der Waals surface area contributed by atoms with E-state index >= 15 is 0 Å². The van der Waals surface area contributed by atoms with Crippen LogP contribution in [0.1, 0.15) is 51.3 Å². The Morgan fingerprint density at radius 2 is 1.17 bits per heavy atom. The fraction of sp³-hybridized carbons (Fsp3) is 0.455. The van der Waals surface area contributed by atoms with Gasteiger partial charge in [0.2, 0.25) is 0 Å². The lowest BCUT2D eigenvalue weighted by Gasteiger charge is -2.26. The third kappa shape index (κ3) is 6.17. The molecule has 2 aromatic carbocycles. The van der Waals surface area contributed by atoms with Crippen LogP contribution in [0.2, 0.25) is 0 Å². The summed E-state index contributed by atoms with van der Waals surface area (Å²) in [6.45, 7) is 11.3. The van der Waals surface area contributed by atoms with Gasteiger partial charge in [-0.25, -0.2) is 4.39 Å². The molecule has 0 radical (unpaired) electrons. The first kappa shape index (κ1) is 17.7. The molecule has 124 valence electrons. The van der Waals surface area contributed by atoms with Gasteiger partial charge in [-0.05, 0) is 58.9 Å². The van der Waals surface area contributed by atoms with Gasteiger partial charge >= 0.3 is 0 Å². The van der Waals surface area contributed by atoms with E-state index in [4.69, 9.17) is 0 Å². The van der Waals surface area contributed by atoms with Crippen molar-refractivity contribution in [3.8, 4) is 0 Å². The van der Waals surface area contributed by atoms with Crippen LogP contribution < -0.4 is 0 Å². The summed E-state index contributed by atoms with van der Waals surface area (Å²) in [4.78, 5) is 0. The fourth-order valence-electron chi connectivity index (χ4n) is 3.28. The van der Waals surface area contributed by atoms with E-state index in [1.54, 1.807) is 12.1 Å². The minimum Gasteiger partial charge on any atom is -0.207 e. The van der Waals surface area contributed by atoms with E-state index in [0.717, 1.165) is 24.8 Å². The molecule has 0 nitrogen and oxygen atoms in total. The first-order chi connectivity index (χ1) is 10.6. The maximum Gasteiger partial charge on any atom is 0.123 e. The van der Waals surface area contributed by atoms with Gasteiger partial charge in [-0.1, -0.05) is 71.0 Å². The molecule has 0 aliphatic heterocycles. The normalized spacial score (nSPS) is 12.4. The Bertz CT molecular complexity index is 647. The molecule has 0 aliphatic carbocycles. The molecule has 0 unspecified atom stereocenters. The average Bonchev–Trinajstić information content (AvgIpc) is 2.35. The Kier molecular flexibility index (Phi) is 5.29. The monoisotopic (exact) mass is 312 g/mol. The van der Waals surface area contributed by atoms with Crippen molar-refractivity contribution in [3.63, 3.8) is 0 Å². The van der Waals surface area contributed by atoms with Gasteiger partial charge in [-0.3, -0.25) is 0 Å². The number of rotatable bonds is 5. The smallest absolute Gasteiger partial charge is 0.123 e. The minimum atomic E-state index is -0.148. The molecule has 0 saturated carbocycles. The van der Waals surface area contributed by atoms with Crippen LogP contribution in [0.3, 0.4) is 0 Å². The van der Waals surface area contributed by atoms with Gasteiger partial charge in [0, 0.05) is 0 Å². The van der Waals surface area contributed by atoms with Crippen molar-refractivity contribution < 1.29 is 4.39 Å². The Morgan fingerprint density at radius 3 is 1.70 bits per heavy atom. The van der Waals surface area contributed by atoms with Gasteiger partial charge < -0.3 is 0 Å². The summed E-state index contributed by atoms with van der Waals surface area (Å²) in [6, 6.07) is 15.9. The van der Waals surface area contributed by atoms with Gasteiger partial charge in [-0.2, -0.15) is 0 Å². The number of hydrogen-bond donors (Lipinski definition) is 0. The minimum absolute atomic E-state index is 0.105. The summed E-state index contributed by atoms with van der Waals surface area (Å²) in [5.74, 6) is -0.148. The second-order valence-electron chi connectivity index (χ2n) is 8.71. The molecule has 0 saturated heterocycles. The summed E-state index contributed by atoms with van der Waals surface area (Å²) in [7, 11) is 0. The molecule has 0 atom stereocenters. The molecule has 2 rings (SSSR count). The highest BCUT2D eigenvalue weighted by molar-refractivity contribution is 5.26. The fourth-order valence-corrected chi connectivity index (χ4v) is 3.28. The van der Waals surface area contributed by atoms with Crippen molar-refractivity contribution in [2.75, 3.05) is 0 Å². The molecule has 0 fully saturated rings. The zero-order valence-electron chi connectivity index (χ0n) is 15.1. The van der Waals surface area contributed by atoms with Crippen molar-refractivity contribution in [2.45, 2.75) is 53.9 Å². The highest BCUT2D eigenvalue weighted by Crippen LogP contribution is 2.28. The van der Waals surface area contributed by atoms with Crippen molar-refractivity contribution in [2.24, 2.45) is 10.8 Å². The number of benzene rings is 2. The summed E-state index contributed by atoms with van der Waals surface area (Å²) in [5, 5.41) is 0. The summed E-state index contributed by atoms with van der Waals surface area (Å²) < 4.78 is 13.4. The van der Waals surface area contributed by atoms with E-state index in [-0.39, 0.29) is 11.2 Å². The second kappa shape index (κ2) is 6.86. The molecule has 0 N–H and O–H groups in total. The lowest BCUT2D eigenvalue weighted by Crippen LogP contribution is -2.19. The highest BCUT2D eigenvalue weighted by Gasteiger charge is 2.20. The quantitative estimate of drug-likeness (QED) is 0.614. The molecular weight excluding hydrogens is 283 g/mol. The number of halogens is 1. The first-order valence-electron chi connectivity index (χ1n) is 8.45. The zero-order valence-corrected chi connectivity index (χ0v) is 15.1. The SMILES string of the molecule is CC(C)(C)Cc1cccc(CC(C)(C)Cc2cccc(F)c2)c1. The molecule has 2 aromatic rings. The summed E-state index contributed by atoms with van der Waals surface area (Å²) >= 11 is 0. The van der Waals surface area contributed by atoms with Crippen LogP contribution in [-0.4, -0.2) is 0 Å². The Morgan fingerprint density at radius 1 is 0.696 bits per heavy atom. The van der Waals surface area contributed by atoms with E-state index < -0.39 is 0 Å². The van der Waals surface area contributed by atoms with Crippen molar-refractivity contribution in [1.29, 1.82) is 0 Å². The molecule has 0 aliphatic rings. The molecular formula is C22H29F. The van der Waals surface area contributed by atoms with Crippen LogP contribution in [0, 0.1) is 16.6 Å². The van der Waals surface area contributed by atoms with E-state index in [9.17, 15) is 4.39 Å². The summed E-state index contributed by atoms with van der Waals surface area (Å²) in [6.07, 6.45) is 2.97. The van der Waals surface area contributed by atoms with Crippen molar-refractivity contribution in [1.82, 2.24) is 0 Å². The van der Waals surface area contributed by atoms with Crippen molar-refractivity contribution in [3.05, 3.63) is 71.0 Å². The average molecular weight is 312 g/mol. The Labute approximate surface area is 140 Å². The van der Waals surface area contributed by atoms with E-state index in [1.807, 2.05) is 6.07 Å². The topological polar surface area (TPSA) is 0 Å². The van der Waals surface area contributed by atoms with Crippen LogP contribution in [0.4, 0.5) is 4.39 Å². The molecule has 0 bridgehead atoms. The Balaban J connectivity index is 2.09. The van der Waals surface area contributed by atoms with Gasteiger partial charge in [0.05, 0.1) is 0 Å². The van der Waals surface area contributed by atoms with Gasteiger partial charge in [0.25, 0.3) is 0 Å². The summed E-state index contributed by atoms with van der Waals surface area (Å²) in [5.41, 5.74) is 4.25. The second-order valence-corrected chi connectivity index (χ2v) is 8.71. The molecule has 1 heteroatoms. The molecule has 0 amide bonds. The van der Waals surface area contributed by atoms with Gasteiger partial charge in [0.1, 0.15) is 5.82 Å². The van der Waals surface area contributed by atoms with Crippen LogP contribution in [0.15, 0.2) is 48.5 Å². The maximum absolute atomic E-state index is 13.4. The standard InChI is InChI=1S/C22H29F/c1-21(2,3)14-17-8-6-9-18(12-17)15-22(4,5)16-19-10-7-11-20(23)13-19/h6-13H,14-16H2,1-5H3. The maximum atomic E-state index is 13.4. The zero-order chi connectivity index (χ0) is 17.1. The van der Waals surface area contributed by atoms with Gasteiger partial charge in [0.15, 0.2) is 0 Å². The molecule has 0 spiro atoms. The lowest BCUT2D eigenvalue weighted by atomic mass is 9.79. The van der Waals surface area contributed by atoms with E-state index in [0.29, 0.717) is 5.41 Å². The number of hydrogen-bond acceptors (Lipinski definition) is 0. The highest BCUT2D eigenvalue weighted by atomic mass is 19.1. The van der Waals surface area contributed by atoms with Crippen LogP contribution in [-0.2, 0) is 19.3 Å². The lowest BCUT2D eigenvalue weighted by molar-refractivity contribution is 0.360. The predicted molar refractivity (Wildman–Crippen MR) is 97.2 cm³/mol. The molecule has 0 heterocycles. The molecule has 23 heavy (non-hydrogen) atoms. The third-order valence-electron chi connectivity index (χ3n) is 3.98. The Hall–Kier alpha value is -1.63. The molecule has 0 aromatic heterocycles. The van der Waals surface area contributed by atoms with E-state index in [2.05, 4.69) is 58.9 Å². The van der Waals surface area contributed by atoms with Gasteiger partial charge in [-0.15, -0.1) is 0 Å². The van der Waals surface area contributed by atoms with Crippen LogP contribution >= 0.6 is 0 Å². The van der Waals surface area contributed by atoms with Crippen molar-refractivity contribution >= 4 is 0 Å². The first-order valence-corrected chi connectivity index (χ1v) is 8.45. The largest absolute Gasteiger partial charge is 0.207 e.